The van der Waals surface area contributed by atoms with E-state index in [-0.39, 0.29) is 0 Å². The second-order valence-corrected chi connectivity index (χ2v) is 5.23. The summed E-state index contributed by atoms with van der Waals surface area (Å²) < 4.78 is 21.2. The van der Waals surface area contributed by atoms with E-state index in [1.807, 2.05) is 36.5 Å². The van der Waals surface area contributed by atoms with Crippen LogP contribution in [0.2, 0.25) is 0 Å². The van der Waals surface area contributed by atoms with Gasteiger partial charge in [0.25, 0.3) is 0 Å². The molecule has 0 aliphatic heterocycles. The van der Waals surface area contributed by atoms with E-state index in [1.54, 1.807) is 28.9 Å². The number of hydrogen-bond acceptors (Lipinski definition) is 4. The molecule has 5 nitrogen and oxygen atoms in total. The number of para-hydroxylation sites is 1. The van der Waals surface area contributed by atoms with Gasteiger partial charge in [-0.1, -0.05) is 18.2 Å². The average molecular weight is 320 g/mol. The zero-order chi connectivity index (χ0) is 16.4. The first-order chi connectivity index (χ1) is 11.8. The zero-order valence-corrected chi connectivity index (χ0v) is 12.6. The largest absolute Gasteiger partial charge is 0.487 e. The van der Waals surface area contributed by atoms with Crippen LogP contribution in [-0.2, 0) is 6.61 Å². The van der Waals surface area contributed by atoms with Gasteiger partial charge in [-0.25, -0.2) is 15.0 Å². The van der Waals surface area contributed by atoms with Gasteiger partial charge < -0.3 is 4.74 Å². The van der Waals surface area contributed by atoms with Crippen molar-refractivity contribution in [1.82, 2.24) is 19.4 Å². The number of nitrogens with zero attached hydrogens (tertiary/aromatic N) is 4. The van der Waals surface area contributed by atoms with Crippen LogP contribution >= 0.6 is 0 Å². The minimum absolute atomic E-state index is 0.337. The lowest BCUT2D eigenvalue weighted by Gasteiger charge is -2.02. The highest BCUT2D eigenvalue weighted by atomic mass is 19.1. The Bertz CT molecular complexity index is 985. The van der Waals surface area contributed by atoms with Gasteiger partial charge in [-0.15, -0.1) is 0 Å². The second kappa shape index (κ2) is 6.08. The molecule has 0 atom stereocenters. The molecule has 0 aliphatic carbocycles. The Balaban J connectivity index is 1.61. The van der Waals surface area contributed by atoms with E-state index in [0.29, 0.717) is 23.5 Å². The van der Waals surface area contributed by atoms with E-state index >= 15 is 0 Å². The maximum Gasteiger partial charge on any atom is 0.234 e. The standard InChI is InChI=1S/C18H13FN4O/c19-17-16(7-4-8-20-17)13-9-21-18-22-14(11-23(18)10-13)12-24-15-5-2-1-3-6-15/h1-11H,12H2. The predicted octanol–water partition coefficient (Wildman–Crippen LogP) is 3.51. The number of fused-ring (bicyclic) bond motifs is 1. The average Bonchev–Trinajstić information content (AvgIpc) is 3.03. The number of rotatable bonds is 4. The lowest BCUT2D eigenvalue weighted by Crippen LogP contribution is -1.94. The summed E-state index contributed by atoms with van der Waals surface area (Å²) in [6, 6.07) is 12.9. The Hall–Kier alpha value is -3.28. The first kappa shape index (κ1) is 14.3. The van der Waals surface area contributed by atoms with E-state index in [4.69, 9.17) is 4.74 Å². The lowest BCUT2D eigenvalue weighted by atomic mass is 10.1. The second-order valence-electron chi connectivity index (χ2n) is 5.23. The Kier molecular flexibility index (Phi) is 3.63. The van der Waals surface area contributed by atoms with Crippen molar-refractivity contribution < 1.29 is 9.13 Å². The molecule has 24 heavy (non-hydrogen) atoms. The first-order valence-corrected chi connectivity index (χ1v) is 7.42. The molecule has 118 valence electrons. The van der Waals surface area contributed by atoms with Crippen LogP contribution in [-0.4, -0.2) is 19.4 Å². The molecule has 1 aromatic carbocycles. The summed E-state index contributed by atoms with van der Waals surface area (Å²) in [6.07, 6.45) is 6.61. The van der Waals surface area contributed by atoms with Gasteiger partial charge in [0.05, 0.1) is 5.69 Å². The van der Waals surface area contributed by atoms with Crippen LogP contribution in [0.1, 0.15) is 5.69 Å². The van der Waals surface area contributed by atoms with Crippen molar-refractivity contribution in [3.05, 3.63) is 78.9 Å². The van der Waals surface area contributed by atoms with Gasteiger partial charge in [-0.05, 0) is 24.3 Å². The van der Waals surface area contributed by atoms with Gasteiger partial charge in [0, 0.05) is 35.9 Å². The molecule has 3 aromatic heterocycles. The van der Waals surface area contributed by atoms with Crippen LogP contribution in [0.4, 0.5) is 4.39 Å². The maximum absolute atomic E-state index is 13.8. The summed E-state index contributed by atoms with van der Waals surface area (Å²) in [5.74, 6) is 0.793. The smallest absolute Gasteiger partial charge is 0.234 e. The van der Waals surface area contributed by atoms with Crippen molar-refractivity contribution in [3.63, 3.8) is 0 Å². The molecule has 0 unspecified atom stereocenters. The van der Waals surface area contributed by atoms with Crippen LogP contribution in [0.5, 0.6) is 5.75 Å². The number of hydrogen-bond donors (Lipinski definition) is 0. The van der Waals surface area contributed by atoms with Crippen molar-refractivity contribution in [3.8, 4) is 16.9 Å². The molecule has 0 saturated heterocycles. The van der Waals surface area contributed by atoms with Crippen molar-refractivity contribution in [1.29, 1.82) is 0 Å². The molecule has 0 fully saturated rings. The highest BCUT2D eigenvalue weighted by Crippen LogP contribution is 2.21. The van der Waals surface area contributed by atoms with Crippen LogP contribution in [0, 0.1) is 5.95 Å². The summed E-state index contributed by atoms with van der Waals surface area (Å²) in [4.78, 5) is 12.3. The number of aromatic nitrogens is 4. The van der Waals surface area contributed by atoms with E-state index in [0.717, 1.165) is 11.4 Å². The zero-order valence-electron chi connectivity index (χ0n) is 12.6. The van der Waals surface area contributed by atoms with Crippen molar-refractivity contribution in [2.75, 3.05) is 0 Å². The Morgan fingerprint density at radius 3 is 2.71 bits per heavy atom. The topological polar surface area (TPSA) is 52.3 Å². The van der Waals surface area contributed by atoms with Gasteiger partial charge in [0.1, 0.15) is 12.4 Å². The Morgan fingerprint density at radius 2 is 1.88 bits per heavy atom. The third-order valence-corrected chi connectivity index (χ3v) is 3.56. The number of benzene rings is 1. The predicted molar refractivity (Wildman–Crippen MR) is 87.0 cm³/mol. The molecule has 4 aromatic rings. The Morgan fingerprint density at radius 1 is 1.00 bits per heavy atom. The van der Waals surface area contributed by atoms with E-state index < -0.39 is 5.95 Å². The summed E-state index contributed by atoms with van der Waals surface area (Å²) in [5.41, 5.74) is 1.79. The van der Waals surface area contributed by atoms with Crippen molar-refractivity contribution >= 4 is 5.78 Å². The van der Waals surface area contributed by atoms with Crippen LogP contribution in [0.25, 0.3) is 16.9 Å². The number of halogens is 1. The van der Waals surface area contributed by atoms with E-state index in [9.17, 15) is 4.39 Å². The monoisotopic (exact) mass is 320 g/mol. The quantitative estimate of drug-likeness (QED) is 0.540. The summed E-state index contributed by atoms with van der Waals surface area (Å²) >= 11 is 0. The lowest BCUT2D eigenvalue weighted by molar-refractivity contribution is 0.302. The van der Waals surface area contributed by atoms with Gasteiger partial charge in [0.2, 0.25) is 11.7 Å². The first-order valence-electron chi connectivity index (χ1n) is 7.42. The molecular weight excluding hydrogens is 307 g/mol. The maximum atomic E-state index is 13.8. The fourth-order valence-corrected chi connectivity index (χ4v) is 2.42. The third kappa shape index (κ3) is 2.81. The van der Waals surface area contributed by atoms with Crippen molar-refractivity contribution in [2.24, 2.45) is 0 Å². The molecule has 0 aliphatic rings. The van der Waals surface area contributed by atoms with E-state index in [2.05, 4.69) is 15.0 Å². The van der Waals surface area contributed by atoms with Crippen LogP contribution in [0.15, 0.2) is 67.3 Å². The molecule has 3 heterocycles. The third-order valence-electron chi connectivity index (χ3n) is 3.56. The molecule has 0 N–H and O–H groups in total. The van der Waals surface area contributed by atoms with Gasteiger partial charge >= 0.3 is 0 Å². The SMILES string of the molecule is Fc1ncccc1-c1cnc2nc(COc3ccccc3)cn2c1. The molecule has 4 rings (SSSR count). The van der Waals surface area contributed by atoms with Crippen LogP contribution in [0.3, 0.4) is 0 Å². The summed E-state index contributed by atoms with van der Waals surface area (Å²) in [5, 5.41) is 0. The Labute approximate surface area is 137 Å². The van der Waals surface area contributed by atoms with Gasteiger partial charge in [-0.3, -0.25) is 4.40 Å². The molecule has 0 spiro atoms. The number of imidazole rings is 1. The minimum atomic E-state index is -0.522. The normalized spacial score (nSPS) is 10.9. The van der Waals surface area contributed by atoms with Crippen molar-refractivity contribution in [2.45, 2.75) is 6.61 Å². The molecular formula is C18H13FN4O. The summed E-state index contributed by atoms with van der Waals surface area (Å²) in [6.45, 7) is 0.337. The fourth-order valence-electron chi connectivity index (χ4n) is 2.42. The van der Waals surface area contributed by atoms with Crippen LogP contribution < -0.4 is 4.74 Å². The van der Waals surface area contributed by atoms with E-state index in [1.165, 1.54) is 6.20 Å². The molecule has 0 radical (unpaired) electrons. The molecule has 0 saturated carbocycles. The van der Waals surface area contributed by atoms with Gasteiger partial charge in [0.15, 0.2) is 0 Å². The summed E-state index contributed by atoms with van der Waals surface area (Å²) in [7, 11) is 0. The van der Waals surface area contributed by atoms with Gasteiger partial charge in [-0.2, -0.15) is 4.39 Å². The number of pyridine rings is 1. The fraction of sp³-hybridized carbons (Fsp3) is 0.0556. The molecule has 6 heteroatoms. The molecule has 0 amide bonds. The number of ether oxygens (including phenoxy) is 1. The highest BCUT2D eigenvalue weighted by Gasteiger charge is 2.09. The molecule has 0 bridgehead atoms. The highest BCUT2D eigenvalue weighted by molar-refractivity contribution is 5.62. The minimum Gasteiger partial charge on any atom is -0.487 e.